The van der Waals surface area contributed by atoms with Crippen molar-refractivity contribution in [1.82, 2.24) is 9.55 Å². The van der Waals surface area contributed by atoms with Crippen LogP contribution in [0.3, 0.4) is 0 Å². The van der Waals surface area contributed by atoms with Gasteiger partial charge in [-0.15, -0.1) is 0 Å². The molecule has 2 heterocycles. The number of pyridine rings is 1. The van der Waals surface area contributed by atoms with E-state index in [1.807, 2.05) is 0 Å². The maximum Gasteiger partial charge on any atom is 0.0716 e. The van der Waals surface area contributed by atoms with Crippen LogP contribution >= 0.6 is 0 Å². The van der Waals surface area contributed by atoms with Gasteiger partial charge in [-0.1, -0.05) is 213 Å². The molecule has 0 saturated heterocycles. The molecule has 0 N–H and O–H groups in total. The summed E-state index contributed by atoms with van der Waals surface area (Å²) in [6.07, 6.45) is 9.57. The van der Waals surface area contributed by atoms with Crippen LogP contribution in [-0.4, -0.2) is 9.55 Å². The van der Waals surface area contributed by atoms with Gasteiger partial charge in [-0.25, -0.2) is 4.98 Å². The molecule has 0 bridgehead atoms. The minimum atomic E-state index is -0.640. The lowest BCUT2D eigenvalue weighted by Crippen LogP contribution is -2.32. The molecule has 1 aliphatic rings. The molecule has 0 amide bonds. The molecule has 63 heavy (non-hydrogen) atoms. The van der Waals surface area contributed by atoms with E-state index in [4.69, 9.17) is 11.6 Å². The van der Waals surface area contributed by atoms with Gasteiger partial charge in [0.1, 0.15) is 0 Å². The van der Waals surface area contributed by atoms with Gasteiger partial charge in [-0.05, 0) is 92.9 Å². The Hall–Kier alpha value is -8.07. The van der Waals surface area contributed by atoms with E-state index < -0.39 is 5.41 Å². The van der Waals surface area contributed by atoms with Crippen molar-refractivity contribution in [2.45, 2.75) is 11.8 Å². The summed E-state index contributed by atoms with van der Waals surface area (Å²) < 4.78 is 2.47. The Balaban J connectivity index is 1.19. The highest BCUT2D eigenvalue weighted by Gasteiger charge is 2.40. The standard InChI is InChI=1S/C61H44N2/c1-43-21-8-2-19-34-53-55(61(43,50-29-15-6-16-30-50)51-31-17-7-18-32-51)37-38-58-60(53)54-36-35-47(44-22-9-3-10-23-44)42-59(54)63(58)52-33-20-28-48(39-52)57-41-49(45-24-11-4-12-25-45)40-56(62-57)46-26-13-5-14-27-46/h2-33,35-42H,1,34H2/b19-2-,21-8-. The van der Waals surface area contributed by atoms with Crippen molar-refractivity contribution in [3.8, 4) is 50.5 Å². The second kappa shape index (κ2) is 16.1. The molecule has 8 aromatic carbocycles. The van der Waals surface area contributed by atoms with Crippen LogP contribution in [0.4, 0.5) is 0 Å². The molecule has 0 unspecified atom stereocenters. The van der Waals surface area contributed by atoms with Gasteiger partial charge in [0.25, 0.3) is 0 Å². The highest BCUT2D eigenvalue weighted by atomic mass is 15.0. The second-order valence-electron chi connectivity index (χ2n) is 16.3. The molecule has 0 aliphatic heterocycles. The maximum atomic E-state index is 5.34. The molecule has 2 aromatic heterocycles. The number of aromatic nitrogens is 2. The monoisotopic (exact) mass is 804 g/mol. The molecular weight excluding hydrogens is 761 g/mol. The zero-order chi connectivity index (χ0) is 42.2. The molecule has 2 heteroatoms. The molecule has 0 atom stereocenters. The van der Waals surface area contributed by atoms with Crippen molar-refractivity contribution in [1.29, 1.82) is 0 Å². The average molecular weight is 805 g/mol. The fourth-order valence-electron chi connectivity index (χ4n) is 9.83. The number of rotatable bonds is 7. The summed E-state index contributed by atoms with van der Waals surface area (Å²) in [5.41, 5.74) is 17.3. The largest absolute Gasteiger partial charge is 0.309 e. The first-order valence-electron chi connectivity index (χ1n) is 21.7. The number of allylic oxidation sites excluding steroid dienone is 5. The number of hydrogen-bond donors (Lipinski definition) is 0. The molecule has 0 saturated carbocycles. The van der Waals surface area contributed by atoms with Crippen LogP contribution < -0.4 is 0 Å². The SMILES string of the molecule is C=C1/C=C\C=C/Cc2c(ccc3c2c2ccc(-c4ccccc4)cc2n3-c2cccc(-c3cc(-c4ccccc4)cc(-c4ccccc4)n3)c2)C1(c1ccccc1)c1ccccc1. The Morgan fingerprint density at radius 3 is 1.67 bits per heavy atom. The predicted molar refractivity (Wildman–Crippen MR) is 264 cm³/mol. The Kier molecular flexibility index (Phi) is 9.67. The number of fused-ring (bicyclic) bond motifs is 5. The first-order chi connectivity index (χ1) is 31.2. The topological polar surface area (TPSA) is 17.8 Å². The van der Waals surface area contributed by atoms with Crippen molar-refractivity contribution >= 4 is 21.8 Å². The lowest BCUT2D eigenvalue weighted by atomic mass is 9.63. The van der Waals surface area contributed by atoms with Crippen molar-refractivity contribution in [3.63, 3.8) is 0 Å². The third-order valence-electron chi connectivity index (χ3n) is 12.7. The van der Waals surface area contributed by atoms with Gasteiger partial charge in [-0.2, -0.15) is 0 Å². The summed E-state index contributed by atoms with van der Waals surface area (Å²) in [5, 5.41) is 2.46. The minimum Gasteiger partial charge on any atom is -0.309 e. The third kappa shape index (κ3) is 6.65. The van der Waals surface area contributed by atoms with Crippen LogP contribution in [0.15, 0.2) is 255 Å². The third-order valence-corrected chi connectivity index (χ3v) is 12.7. The lowest BCUT2D eigenvalue weighted by molar-refractivity contribution is 0.739. The zero-order valence-electron chi connectivity index (χ0n) is 34.9. The van der Waals surface area contributed by atoms with Crippen LogP contribution in [0.2, 0.25) is 0 Å². The minimum absolute atomic E-state index is 0.640. The van der Waals surface area contributed by atoms with Crippen LogP contribution in [0, 0.1) is 0 Å². The maximum absolute atomic E-state index is 5.34. The van der Waals surface area contributed by atoms with Gasteiger partial charge >= 0.3 is 0 Å². The number of hydrogen-bond acceptors (Lipinski definition) is 1. The van der Waals surface area contributed by atoms with Crippen molar-refractivity contribution in [2.24, 2.45) is 0 Å². The summed E-state index contributed by atoms with van der Waals surface area (Å²) in [7, 11) is 0. The molecule has 1 aliphatic carbocycles. The van der Waals surface area contributed by atoms with Crippen molar-refractivity contribution in [3.05, 3.63) is 277 Å². The van der Waals surface area contributed by atoms with E-state index in [1.165, 1.54) is 44.2 Å². The van der Waals surface area contributed by atoms with Gasteiger partial charge in [0.15, 0.2) is 0 Å². The second-order valence-corrected chi connectivity index (χ2v) is 16.3. The first kappa shape index (κ1) is 37.9. The fraction of sp³-hybridized carbons (Fsp3) is 0.0328. The van der Waals surface area contributed by atoms with Crippen molar-refractivity contribution in [2.75, 3.05) is 0 Å². The van der Waals surface area contributed by atoms with E-state index in [1.54, 1.807) is 0 Å². The smallest absolute Gasteiger partial charge is 0.0716 e. The average Bonchev–Trinajstić information content (AvgIpc) is 3.72. The molecule has 0 spiro atoms. The Labute approximate surface area is 369 Å². The summed E-state index contributed by atoms with van der Waals surface area (Å²) in [5.74, 6) is 0. The Bertz CT molecular complexity index is 3240. The van der Waals surface area contributed by atoms with Gasteiger partial charge in [0.05, 0.1) is 27.8 Å². The highest BCUT2D eigenvalue weighted by Crippen LogP contribution is 2.50. The Morgan fingerprint density at radius 1 is 0.444 bits per heavy atom. The summed E-state index contributed by atoms with van der Waals surface area (Å²) in [6, 6.07) is 78.7. The predicted octanol–water partition coefficient (Wildman–Crippen LogP) is 15.4. The molecule has 0 radical (unpaired) electrons. The summed E-state index contributed by atoms with van der Waals surface area (Å²) in [4.78, 5) is 5.34. The van der Waals surface area contributed by atoms with E-state index in [2.05, 4.69) is 247 Å². The van der Waals surface area contributed by atoms with E-state index >= 15 is 0 Å². The molecule has 2 nitrogen and oxygen atoms in total. The molecule has 0 fully saturated rings. The zero-order valence-corrected chi connectivity index (χ0v) is 34.9. The van der Waals surface area contributed by atoms with Crippen LogP contribution in [0.5, 0.6) is 0 Å². The van der Waals surface area contributed by atoms with Gasteiger partial charge < -0.3 is 4.57 Å². The van der Waals surface area contributed by atoms with Gasteiger partial charge in [-0.3, -0.25) is 0 Å². The number of benzene rings is 8. The van der Waals surface area contributed by atoms with Gasteiger partial charge in [0.2, 0.25) is 0 Å². The lowest BCUT2D eigenvalue weighted by Gasteiger charge is -2.38. The van der Waals surface area contributed by atoms with E-state index in [0.29, 0.717) is 0 Å². The molecule has 10 aromatic rings. The first-order valence-corrected chi connectivity index (χ1v) is 21.7. The van der Waals surface area contributed by atoms with Crippen molar-refractivity contribution < 1.29 is 0 Å². The van der Waals surface area contributed by atoms with Gasteiger partial charge in [0, 0.05) is 27.6 Å². The number of nitrogens with zero attached hydrogens (tertiary/aromatic N) is 2. The molecular formula is C61H44N2. The molecule has 11 rings (SSSR count). The Morgan fingerprint density at radius 2 is 1.02 bits per heavy atom. The molecule has 298 valence electrons. The highest BCUT2D eigenvalue weighted by molar-refractivity contribution is 6.12. The summed E-state index contributed by atoms with van der Waals surface area (Å²) in [6.45, 7) is 4.86. The van der Waals surface area contributed by atoms with E-state index in [-0.39, 0.29) is 0 Å². The van der Waals surface area contributed by atoms with E-state index in [0.717, 1.165) is 62.4 Å². The van der Waals surface area contributed by atoms with Crippen LogP contribution in [0.1, 0.15) is 22.3 Å². The summed E-state index contributed by atoms with van der Waals surface area (Å²) >= 11 is 0. The van der Waals surface area contributed by atoms with Crippen LogP contribution in [0.25, 0.3) is 72.3 Å². The quantitative estimate of drug-likeness (QED) is 0.157. The normalized spacial score (nSPS) is 14.4. The fourth-order valence-corrected chi connectivity index (χ4v) is 9.83. The van der Waals surface area contributed by atoms with Crippen LogP contribution in [-0.2, 0) is 11.8 Å². The van der Waals surface area contributed by atoms with E-state index in [9.17, 15) is 0 Å².